The number of sulfonamides is 1. The highest BCUT2D eigenvalue weighted by molar-refractivity contribution is 7.89. The summed E-state index contributed by atoms with van der Waals surface area (Å²) in [7, 11) is -2.35. The van der Waals surface area contributed by atoms with E-state index in [0.717, 1.165) is 4.31 Å². The number of hydrogen-bond acceptors (Lipinski definition) is 4. The third-order valence-corrected chi connectivity index (χ3v) is 3.77. The highest BCUT2D eigenvalue weighted by atomic mass is 32.2. The van der Waals surface area contributed by atoms with Crippen molar-refractivity contribution in [2.75, 3.05) is 13.6 Å². The number of imidazole rings is 1. The highest BCUT2D eigenvalue weighted by Crippen LogP contribution is 2.09. The van der Waals surface area contributed by atoms with E-state index in [4.69, 9.17) is 0 Å². The summed E-state index contributed by atoms with van der Waals surface area (Å²) in [4.78, 5) is 17.8. The van der Waals surface area contributed by atoms with Crippen LogP contribution >= 0.6 is 0 Å². The third kappa shape index (κ3) is 3.81. The summed E-state index contributed by atoms with van der Waals surface area (Å²) in [5, 5.41) is 2.66. The van der Waals surface area contributed by atoms with Gasteiger partial charge in [-0.25, -0.2) is 13.4 Å². The molecule has 0 aromatic carbocycles. The van der Waals surface area contributed by atoms with Crippen LogP contribution in [0.25, 0.3) is 0 Å². The smallest absolute Gasteiger partial charge is 0.260 e. The van der Waals surface area contributed by atoms with Crippen LogP contribution in [-0.4, -0.2) is 47.7 Å². The van der Waals surface area contributed by atoms with Gasteiger partial charge in [-0.15, -0.1) is 0 Å². The van der Waals surface area contributed by atoms with Crippen molar-refractivity contribution in [3.8, 4) is 0 Å². The summed E-state index contributed by atoms with van der Waals surface area (Å²) in [6.07, 6.45) is 2.48. The topological polar surface area (TPSA) is 95.2 Å². The summed E-state index contributed by atoms with van der Waals surface area (Å²) < 4.78 is 24.9. The number of aromatic amines is 1. The van der Waals surface area contributed by atoms with Gasteiger partial charge < -0.3 is 10.3 Å². The summed E-state index contributed by atoms with van der Waals surface area (Å²) >= 11 is 0. The molecule has 1 amide bonds. The minimum absolute atomic E-state index is 0.0337. The number of amides is 1. The van der Waals surface area contributed by atoms with E-state index in [-0.39, 0.29) is 17.5 Å². The van der Waals surface area contributed by atoms with Crippen LogP contribution in [0.3, 0.4) is 0 Å². The van der Waals surface area contributed by atoms with E-state index in [2.05, 4.69) is 15.3 Å². The Kier molecular flexibility index (Phi) is 4.12. The second kappa shape index (κ2) is 5.07. The van der Waals surface area contributed by atoms with E-state index < -0.39 is 15.6 Å². The first-order valence-electron chi connectivity index (χ1n) is 5.38. The fourth-order valence-corrected chi connectivity index (χ4v) is 2.32. The number of nitrogens with one attached hydrogen (secondary N) is 2. The second-order valence-corrected chi connectivity index (χ2v) is 6.99. The zero-order valence-corrected chi connectivity index (χ0v) is 11.7. The Morgan fingerprint density at radius 1 is 1.50 bits per heavy atom. The second-order valence-electron chi connectivity index (χ2n) is 4.98. The number of nitrogens with zero attached hydrogens (tertiary/aromatic N) is 2. The van der Waals surface area contributed by atoms with Crippen molar-refractivity contribution < 1.29 is 13.2 Å². The molecule has 1 aromatic rings. The molecule has 1 heterocycles. The number of rotatable bonds is 4. The number of aromatic nitrogens is 2. The monoisotopic (exact) mass is 274 g/mol. The molecule has 7 nitrogen and oxygen atoms in total. The molecule has 8 heteroatoms. The lowest BCUT2D eigenvalue weighted by molar-refractivity contribution is -0.122. The average Bonchev–Trinajstić information content (AvgIpc) is 2.66. The molecule has 0 saturated carbocycles. The van der Waals surface area contributed by atoms with Gasteiger partial charge in [0.05, 0.1) is 19.1 Å². The van der Waals surface area contributed by atoms with Crippen LogP contribution in [0.5, 0.6) is 0 Å². The van der Waals surface area contributed by atoms with Crippen molar-refractivity contribution in [1.82, 2.24) is 19.6 Å². The number of likely N-dealkylation sites (N-methyl/N-ethyl adjacent to an activating group) is 1. The first-order valence-corrected chi connectivity index (χ1v) is 6.82. The first-order chi connectivity index (χ1) is 8.13. The zero-order chi connectivity index (χ0) is 14.0. The Hall–Kier alpha value is -1.41. The minimum atomic E-state index is -3.69. The number of carbonyl (C=O) groups excluding carboxylic acids is 1. The van der Waals surface area contributed by atoms with E-state index in [0.29, 0.717) is 0 Å². The molecule has 102 valence electrons. The quantitative estimate of drug-likeness (QED) is 0.804. The first kappa shape index (κ1) is 14.7. The maximum Gasteiger partial charge on any atom is 0.260 e. The molecular weight excluding hydrogens is 256 g/mol. The molecule has 0 saturated heterocycles. The van der Waals surface area contributed by atoms with Crippen molar-refractivity contribution in [3.63, 3.8) is 0 Å². The van der Waals surface area contributed by atoms with Crippen LogP contribution in [-0.2, 0) is 14.8 Å². The summed E-state index contributed by atoms with van der Waals surface area (Å²) in [5.41, 5.74) is -0.393. The molecular formula is C10H18N4O3S. The number of hydrogen-bond donors (Lipinski definition) is 2. The molecule has 0 aliphatic heterocycles. The van der Waals surface area contributed by atoms with E-state index in [9.17, 15) is 13.2 Å². The maximum atomic E-state index is 12.0. The molecule has 0 fully saturated rings. The van der Waals surface area contributed by atoms with E-state index in [1.165, 1.54) is 19.6 Å². The van der Waals surface area contributed by atoms with Crippen molar-refractivity contribution in [2.24, 2.45) is 0 Å². The Morgan fingerprint density at radius 3 is 2.56 bits per heavy atom. The van der Waals surface area contributed by atoms with Crippen molar-refractivity contribution in [3.05, 3.63) is 12.5 Å². The minimum Gasteiger partial charge on any atom is -0.350 e. The Balaban J connectivity index is 2.72. The van der Waals surface area contributed by atoms with Crippen molar-refractivity contribution >= 4 is 15.9 Å². The van der Waals surface area contributed by atoms with E-state index in [1.54, 1.807) is 0 Å². The SMILES string of the molecule is CN(CC(=O)NC(C)(C)C)S(=O)(=O)c1cnc[nH]1. The fourth-order valence-electron chi connectivity index (χ4n) is 1.30. The van der Waals surface area contributed by atoms with Crippen molar-refractivity contribution in [1.29, 1.82) is 0 Å². The van der Waals surface area contributed by atoms with Gasteiger partial charge in [-0.2, -0.15) is 4.31 Å². The molecule has 1 aromatic heterocycles. The standard InChI is InChI=1S/C10H18N4O3S/c1-10(2,3)13-8(15)6-14(4)18(16,17)9-5-11-7-12-9/h5,7H,6H2,1-4H3,(H,11,12)(H,13,15). The van der Waals surface area contributed by atoms with Crippen molar-refractivity contribution in [2.45, 2.75) is 31.3 Å². The van der Waals surface area contributed by atoms with Crippen LogP contribution in [0.15, 0.2) is 17.6 Å². The van der Waals surface area contributed by atoms with Gasteiger partial charge in [-0.1, -0.05) is 0 Å². The predicted molar refractivity (Wildman–Crippen MR) is 66.3 cm³/mol. The molecule has 1 rings (SSSR count). The molecule has 0 aliphatic carbocycles. The van der Waals surface area contributed by atoms with E-state index in [1.807, 2.05) is 20.8 Å². The normalized spacial score (nSPS) is 12.7. The fraction of sp³-hybridized carbons (Fsp3) is 0.600. The lowest BCUT2D eigenvalue weighted by atomic mass is 10.1. The highest BCUT2D eigenvalue weighted by Gasteiger charge is 2.25. The molecule has 2 N–H and O–H groups in total. The molecule has 0 atom stereocenters. The molecule has 0 bridgehead atoms. The van der Waals surface area contributed by atoms with Gasteiger partial charge >= 0.3 is 0 Å². The van der Waals surface area contributed by atoms with Crippen LogP contribution in [0.4, 0.5) is 0 Å². The third-order valence-electron chi connectivity index (χ3n) is 2.04. The summed E-state index contributed by atoms with van der Waals surface area (Å²) in [6.45, 7) is 5.25. The largest absolute Gasteiger partial charge is 0.350 e. The lowest BCUT2D eigenvalue weighted by Crippen LogP contribution is -2.46. The number of carbonyl (C=O) groups is 1. The van der Waals surface area contributed by atoms with Crippen LogP contribution < -0.4 is 5.32 Å². The van der Waals surface area contributed by atoms with Gasteiger partial charge in [0.1, 0.15) is 0 Å². The van der Waals surface area contributed by atoms with Gasteiger partial charge in [0, 0.05) is 12.6 Å². The van der Waals surface area contributed by atoms with Crippen LogP contribution in [0.2, 0.25) is 0 Å². The van der Waals surface area contributed by atoms with Crippen LogP contribution in [0, 0.1) is 0 Å². The van der Waals surface area contributed by atoms with Gasteiger partial charge in [0.25, 0.3) is 10.0 Å². The predicted octanol–water partition coefficient (Wildman–Crippen LogP) is -0.0551. The average molecular weight is 274 g/mol. The van der Waals surface area contributed by atoms with Gasteiger partial charge in [-0.3, -0.25) is 4.79 Å². The Labute approximate surface area is 107 Å². The molecule has 0 radical (unpaired) electrons. The van der Waals surface area contributed by atoms with Crippen LogP contribution in [0.1, 0.15) is 20.8 Å². The zero-order valence-electron chi connectivity index (χ0n) is 10.9. The molecule has 18 heavy (non-hydrogen) atoms. The summed E-state index contributed by atoms with van der Waals surface area (Å²) in [5.74, 6) is -0.354. The van der Waals surface area contributed by atoms with E-state index >= 15 is 0 Å². The van der Waals surface area contributed by atoms with Gasteiger partial charge in [0.15, 0.2) is 5.03 Å². The van der Waals surface area contributed by atoms with Gasteiger partial charge in [-0.05, 0) is 20.8 Å². The maximum absolute atomic E-state index is 12.0. The molecule has 0 aliphatic rings. The lowest BCUT2D eigenvalue weighted by Gasteiger charge is -2.22. The van der Waals surface area contributed by atoms with Gasteiger partial charge in [0.2, 0.25) is 5.91 Å². The Bertz CT molecular complexity index is 502. The number of H-pyrrole nitrogens is 1. The molecule has 0 spiro atoms. The Morgan fingerprint density at radius 2 is 2.11 bits per heavy atom. The molecule has 0 unspecified atom stereocenters. The summed E-state index contributed by atoms with van der Waals surface area (Å²) in [6, 6.07) is 0.